The summed E-state index contributed by atoms with van der Waals surface area (Å²) in [5.41, 5.74) is 2.25. The molecule has 0 aliphatic rings. The quantitative estimate of drug-likeness (QED) is 0.570. The highest BCUT2D eigenvalue weighted by molar-refractivity contribution is 7.99. The summed E-state index contributed by atoms with van der Waals surface area (Å²) in [4.78, 5) is 28.5. The number of aryl methyl sites for hydroxylation is 1. The van der Waals surface area contributed by atoms with Gasteiger partial charge in [-0.2, -0.15) is 0 Å². The van der Waals surface area contributed by atoms with Gasteiger partial charge in [-0.25, -0.2) is 0 Å². The van der Waals surface area contributed by atoms with E-state index in [1.807, 2.05) is 51.1 Å². The van der Waals surface area contributed by atoms with Crippen LogP contribution in [0.1, 0.15) is 44.7 Å². The minimum Gasteiger partial charge on any atom is -0.352 e. The van der Waals surface area contributed by atoms with Gasteiger partial charge in [0.2, 0.25) is 11.8 Å². The Labute approximate surface area is 179 Å². The normalized spacial score (nSPS) is 12.8. The van der Waals surface area contributed by atoms with E-state index in [0.29, 0.717) is 18.7 Å². The molecule has 2 aromatic carbocycles. The van der Waals surface area contributed by atoms with Crippen molar-refractivity contribution in [1.29, 1.82) is 0 Å². The van der Waals surface area contributed by atoms with E-state index >= 15 is 0 Å². The van der Waals surface area contributed by atoms with Crippen LogP contribution < -0.4 is 5.32 Å². The SMILES string of the molecule is CC[C@H](C)NC(=O)[C@@H](C)N(Cc1ccccc1)C(=O)CCSc1ccc(C)cc1. The van der Waals surface area contributed by atoms with Crippen molar-refractivity contribution in [2.24, 2.45) is 0 Å². The van der Waals surface area contributed by atoms with Crippen LogP contribution in [-0.4, -0.2) is 34.6 Å². The van der Waals surface area contributed by atoms with Gasteiger partial charge in [-0.05, 0) is 44.9 Å². The van der Waals surface area contributed by atoms with Gasteiger partial charge in [-0.3, -0.25) is 9.59 Å². The average molecular weight is 413 g/mol. The monoisotopic (exact) mass is 412 g/mol. The van der Waals surface area contributed by atoms with Crippen LogP contribution in [0.15, 0.2) is 59.5 Å². The Morgan fingerprint density at radius 1 is 1.03 bits per heavy atom. The molecule has 5 heteroatoms. The van der Waals surface area contributed by atoms with Crippen LogP contribution in [0.4, 0.5) is 0 Å². The summed E-state index contributed by atoms with van der Waals surface area (Å²) in [5.74, 6) is 0.586. The van der Waals surface area contributed by atoms with E-state index in [0.717, 1.165) is 16.9 Å². The molecular weight excluding hydrogens is 380 g/mol. The zero-order valence-electron chi connectivity index (χ0n) is 17.9. The first-order valence-corrected chi connectivity index (χ1v) is 11.2. The van der Waals surface area contributed by atoms with Crippen molar-refractivity contribution in [2.75, 3.05) is 5.75 Å². The molecule has 2 amide bonds. The zero-order chi connectivity index (χ0) is 21.2. The maximum Gasteiger partial charge on any atom is 0.242 e. The first-order chi connectivity index (χ1) is 13.9. The number of benzene rings is 2. The van der Waals surface area contributed by atoms with E-state index in [-0.39, 0.29) is 17.9 Å². The van der Waals surface area contributed by atoms with Crippen molar-refractivity contribution in [2.45, 2.75) is 64.1 Å². The van der Waals surface area contributed by atoms with Crippen molar-refractivity contribution in [3.05, 3.63) is 65.7 Å². The molecule has 0 aliphatic carbocycles. The van der Waals surface area contributed by atoms with Crippen molar-refractivity contribution in [1.82, 2.24) is 10.2 Å². The number of carbonyl (C=O) groups excluding carboxylic acids is 2. The van der Waals surface area contributed by atoms with Gasteiger partial charge in [0.1, 0.15) is 6.04 Å². The Hall–Kier alpha value is -2.27. The van der Waals surface area contributed by atoms with Gasteiger partial charge in [0.25, 0.3) is 0 Å². The van der Waals surface area contributed by atoms with Crippen LogP contribution in [0.25, 0.3) is 0 Å². The maximum atomic E-state index is 13.0. The molecule has 0 unspecified atom stereocenters. The highest BCUT2D eigenvalue weighted by Gasteiger charge is 2.26. The highest BCUT2D eigenvalue weighted by atomic mass is 32.2. The van der Waals surface area contributed by atoms with Crippen LogP contribution in [0.5, 0.6) is 0 Å². The molecule has 1 N–H and O–H groups in total. The van der Waals surface area contributed by atoms with Gasteiger partial charge in [-0.15, -0.1) is 11.8 Å². The van der Waals surface area contributed by atoms with Crippen LogP contribution in [-0.2, 0) is 16.1 Å². The largest absolute Gasteiger partial charge is 0.352 e. The van der Waals surface area contributed by atoms with E-state index in [9.17, 15) is 9.59 Å². The Morgan fingerprint density at radius 3 is 2.31 bits per heavy atom. The minimum atomic E-state index is -0.513. The molecule has 4 nitrogen and oxygen atoms in total. The van der Waals surface area contributed by atoms with E-state index < -0.39 is 6.04 Å². The summed E-state index contributed by atoms with van der Waals surface area (Å²) in [7, 11) is 0. The standard InChI is InChI=1S/C24H32N2O2S/c1-5-19(3)25-24(28)20(4)26(17-21-9-7-6-8-10-21)23(27)15-16-29-22-13-11-18(2)12-14-22/h6-14,19-20H,5,15-17H2,1-4H3,(H,25,28)/t19-,20+/m0/s1. The molecule has 0 bridgehead atoms. The van der Waals surface area contributed by atoms with Crippen LogP contribution in [0, 0.1) is 6.92 Å². The lowest BCUT2D eigenvalue weighted by Crippen LogP contribution is -2.49. The van der Waals surface area contributed by atoms with Gasteiger partial charge in [0.15, 0.2) is 0 Å². The fourth-order valence-corrected chi connectivity index (χ4v) is 3.70. The summed E-state index contributed by atoms with van der Waals surface area (Å²) in [6.45, 7) is 8.32. The molecule has 0 radical (unpaired) electrons. The molecule has 0 fully saturated rings. The van der Waals surface area contributed by atoms with E-state index in [1.165, 1.54) is 5.56 Å². The Balaban J connectivity index is 2.03. The minimum absolute atomic E-state index is 0.000247. The third-order valence-electron chi connectivity index (χ3n) is 4.97. The summed E-state index contributed by atoms with van der Waals surface area (Å²) in [5, 5.41) is 3.00. The van der Waals surface area contributed by atoms with Gasteiger partial charge in [-0.1, -0.05) is 55.0 Å². The lowest BCUT2D eigenvalue weighted by molar-refractivity contribution is -0.140. The summed E-state index contributed by atoms with van der Waals surface area (Å²) < 4.78 is 0. The number of thioether (sulfide) groups is 1. The topological polar surface area (TPSA) is 49.4 Å². The van der Waals surface area contributed by atoms with Gasteiger partial charge < -0.3 is 10.2 Å². The fourth-order valence-electron chi connectivity index (χ4n) is 2.86. The number of amides is 2. The molecule has 0 aromatic heterocycles. The van der Waals surface area contributed by atoms with E-state index in [1.54, 1.807) is 16.7 Å². The number of nitrogens with one attached hydrogen (secondary N) is 1. The lowest BCUT2D eigenvalue weighted by Gasteiger charge is -2.29. The summed E-state index contributed by atoms with van der Waals surface area (Å²) in [6, 6.07) is 17.7. The zero-order valence-corrected chi connectivity index (χ0v) is 18.7. The molecule has 0 aliphatic heterocycles. The first-order valence-electron chi connectivity index (χ1n) is 10.2. The number of carbonyl (C=O) groups is 2. The van der Waals surface area contributed by atoms with Crippen molar-refractivity contribution < 1.29 is 9.59 Å². The summed E-state index contributed by atoms with van der Waals surface area (Å²) >= 11 is 1.67. The number of hydrogen-bond acceptors (Lipinski definition) is 3. The van der Waals surface area contributed by atoms with Gasteiger partial charge in [0.05, 0.1) is 0 Å². The third-order valence-corrected chi connectivity index (χ3v) is 5.98. The Kier molecular flexibility index (Phi) is 9.26. The molecule has 2 aromatic rings. The second-order valence-electron chi connectivity index (χ2n) is 7.41. The predicted octanol–water partition coefficient (Wildman–Crippen LogP) is 4.81. The van der Waals surface area contributed by atoms with Crippen LogP contribution in [0.3, 0.4) is 0 Å². The molecule has 156 valence electrons. The second-order valence-corrected chi connectivity index (χ2v) is 8.58. The molecule has 2 atom stereocenters. The molecule has 2 rings (SSSR count). The Bertz CT molecular complexity index is 777. The molecular formula is C24H32N2O2S. The number of nitrogens with zero attached hydrogens (tertiary/aromatic N) is 1. The third kappa shape index (κ3) is 7.58. The van der Waals surface area contributed by atoms with E-state index in [2.05, 4.69) is 36.5 Å². The van der Waals surface area contributed by atoms with Crippen molar-refractivity contribution >= 4 is 23.6 Å². The fraction of sp³-hybridized carbons (Fsp3) is 0.417. The molecule has 0 saturated heterocycles. The molecule has 0 spiro atoms. The lowest BCUT2D eigenvalue weighted by atomic mass is 10.1. The number of rotatable bonds is 10. The van der Waals surface area contributed by atoms with Crippen molar-refractivity contribution in [3.8, 4) is 0 Å². The predicted molar refractivity (Wildman–Crippen MR) is 121 cm³/mol. The number of hydrogen-bond donors (Lipinski definition) is 1. The van der Waals surface area contributed by atoms with Gasteiger partial charge >= 0.3 is 0 Å². The van der Waals surface area contributed by atoms with Crippen LogP contribution >= 0.6 is 11.8 Å². The second kappa shape index (κ2) is 11.7. The van der Waals surface area contributed by atoms with Crippen LogP contribution in [0.2, 0.25) is 0 Å². The Morgan fingerprint density at radius 2 is 1.69 bits per heavy atom. The van der Waals surface area contributed by atoms with E-state index in [4.69, 9.17) is 0 Å². The average Bonchev–Trinajstić information content (AvgIpc) is 2.73. The smallest absolute Gasteiger partial charge is 0.242 e. The molecule has 0 saturated carbocycles. The van der Waals surface area contributed by atoms with Gasteiger partial charge in [0, 0.05) is 29.7 Å². The van der Waals surface area contributed by atoms with Crippen molar-refractivity contribution in [3.63, 3.8) is 0 Å². The maximum absolute atomic E-state index is 13.0. The summed E-state index contributed by atoms with van der Waals surface area (Å²) in [6.07, 6.45) is 1.25. The first kappa shape index (κ1) is 23.0. The molecule has 0 heterocycles. The highest BCUT2D eigenvalue weighted by Crippen LogP contribution is 2.20. The molecule has 29 heavy (non-hydrogen) atoms.